The number of hydrogen-bond donors (Lipinski definition) is 0. The summed E-state index contributed by atoms with van der Waals surface area (Å²) in [5, 5.41) is 0. The molecule has 0 bridgehead atoms. The molecule has 0 aromatic rings. The molecular formula is C21H44. The fourth-order valence-corrected chi connectivity index (χ4v) is 3.67. The minimum Gasteiger partial charge on any atom is -0.0649 e. The summed E-state index contributed by atoms with van der Waals surface area (Å²) in [5.74, 6) is 5.71. The highest BCUT2D eigenvalue weighted by atomic mass is 14.4. The molecule has 0 saturated carbocycles. The van der Waals surface area contributed by atoms with Crippen LogP contribution in [0.3, 0.4) is 0 Å². The Morgan fingerprint density at radius 3 is 1.48 bits per heavy atom. The third kappa shape index (κ3) is 5.95. The molecule has 0 heteroatoms. The molecule has 0 saturated heterocycles. The van der Waals surface area contributed by atoms with Crippen molar-refractivity contribution in [1.82, 2.24) is 0 Å². The highest BCUT2D eigenvalue weighted by molar-refractivity contribution is 4.82. The molecule has 0 aromatic heterocycles. The van der Waals surface area contributed by atoms with Gasteiger partial charge in [0, 0.05) is 0 Å². The van der Waals surface area contributed by atoms with Crippen molar-refractivity contribution in [3.8, 4) is 0 Å². The van der Waals surface area contributed by atoms with Gasteiger partial charge in [-0.1, -0.05) is 82.6 Å². The number of rotatable bonds is 9. The molecule has 0 spiro atoms. The molecule has 128 valence electrons. The Labute approximate surface area is 136 Å². The third-order valence-electron chi connectivity index (χ3n) is 7.35. The van der Waals surface area contributed by atoms with E-state index in [0.29, 0.717) is 5.41 Å². The van der Waals surface area contributed by atoms with E-state index in [9.17, 15) is 0 Å². The maximum atomic E-state index is 2.48. The van der Waals surface area contributed by atoms with Gasteiger partial charge in [0.1, 0.15) is 0 Å². The highest BCUT2D eigenvalue weighted by Gasteiger charge is 2.32. The summed E-state index contributed by atoms with van der Waals surface area (Å²) < 4.78 is 0. The zero-order valence-corrected chi connectivity index (χ0v) is 17.0. The van der Waals surface area contributed by atoms with E-state index in [2.05, 4.69) is 76.2 Å². The van der Waals surface area contributed by atoms with Crippen LogP contribution in [0.4, 0.5) is 0 Å². The van der Waals surface area contributed by atoms with E-state index in [1.54, 1.807) is 0 Å². The van der Waals surface area contributed by atoms with Crippen LogP contribution < -0.4 is 0 Å². The first-order chi connectivity index (χ1) is 9.45. The van der Waals surface area contributed by atoms with Crippen molar-refractivity contribution in [3.05, 3.63) is 0 Å². The Kier molecular flexibility index (Phi) is 8.59. The van der Waals surface area contributed by atoms with E-state index in [1.165, 1.54) is 12.8 Å². The molecule has 0 fully saturated rings. The molecule has 6 atom stereocenters. The SMILES string of the molecule is CCC(C)(C)C(C)C(C)C(C)CC(C)C(C)C(C)C(C)C. The summed E-state index contributed by atoms with van der Waals surface area (Å²) in [4.78, 5) is 0. The first-order valence-corrected chi connectivity index (χ1v) is 9.45. The van der Waals surface area contributed by atoms with E-state index in [1.807, 2.05) is 0 Å². The highest BCUT2D eigenvalue weighted by Crippen LogP contribution is 2.41. The molecule has 21 heavy (non-hydrogen) atoms. The van der Waals surface area contributed by atoms with Crippen molar-refractivity contribution in [2.75, 3.05) is 0 Å². The van der Waals surface area contributed by atoms with E-state index in [4.69, 9.17) is 0 Å². The van der Waals surface area contributed by atoms with Crippen molar-refractivity contribution in [2.45, 2.75) is 89.0 Å². The van der Waals surface area contributed by atoms with Gasteiger partial charge in [0.05, 0.1) is 0 Å². The summed E-state index contributed by atoms with van der Waals surface area (Å²) in [6.45, 7) is 26.8. The third-order valence-corrected chi connectivity index (χ3v) is 7.35. The zero-order chi connectivity index (χ0) is 17.0. The molecule has 0 aliphatic heterocycles. The molecule has 0 aliphatic carbocycles. The molecule has 0 N–H and O–H groups in total. The average Bonchev–Trinajstić information content (AvgIpc) is 2.43. The van der Waals surface area contributed by atoms with Gasteiger partial charge in [-0.3, -0.25) is 0 Å². The Bertz CT molecular complexity index is 276. The van der Waals surface area contributed by atoms with E-state index in [-0.39, 0.29) is 0 Å². The lowest BCUT2D eigenvalue weighted by atomic mass is 9.66. The largest absolute Gasteiger partial charge is 0.0649 e. The van der Waals surface area contributed by atoms with Gasteiger partial charge in [-0.05, 0) is 53.3 Å². The average molecular weight is 297 g/mol. The molecule has 0 aliphatic rings. The Morgan fingerprint density at radius 1 is 0.667 bits per heavy atom. The van der Waals surface area contributed by atoms with Gasteiger partial charge in [-0.25, -0.2) is 0 Å². The minimum atomic E-state index is 0.466. The Balaban J connectivity index is 4.64. The van der Waals surface area contributed by atoms with Gasteiger partial charge in [0.25, 0.3) is 0 Å². The monoisotopic (exact) mass is 296 g/mol. The van der Waals surface area contributed by atoms with Crippen LogP contribution in [-0.2, 0) is 0 Å². The van der Waals surface area contributed by atoms with Gasteiger partial charge < -0.3 is 0 Å². The van der Waals surface area contributed by atoms with Gasteiger partial charge in [-0.15, -0.1) is 0 Å². The smallest absolute Gasteiger partial charge is 0.0329 e. The lowest BCUT2D eigenvalue weighted by Crippen LogP contribution is -2.31. The van der Waals surface area contributed by atoms with Crippen molar-refractivity contribution in [2.24, 2.45) is 46.8 Å². The van der Waals surface area contributed by atoms with Crippen LogP contribution in [0.15, 0.2) is 0 Å². The fourth-order valence-electron chi connectivity index (χ4n) is 3.67. The summed E-state index contributed by atoms with van der Waals surface area (Å²) >= 11 is 0. The van der Waals surface area contributed by atoms with E-state index < -0.39 is 0 Å². The molecule has 0 rings (SSSR count). The lowest BCUT2D eigenvalue weighted by Gasteiger charge is -2.39. The molecule has 0 nitrogen and oxygen atoms in total. The summed E-state index contributed by atoms with van der Waals surface area (Å²) in [6, 6.07) is 0. The quantitative estimate of drug-likeness (QED) is 0.419. The van der Waals surface area contributed by atoms with Crippen LogP contribution in [0.1, 0.15) is 89.0 Å². The van der Waals surface area contributed by atoms with Crippen molar-refractivity contribution >= 4 is 0 Å². The van der Waals surface area contributed by atoms with Crippen LogP contribution in [0.25, 0.3) is 0 Å². The van der Waals surface area contributed by atoms with Gasteiger partial charge in [0.15, 0.2) is 0 Å². The van der Waals surface area contributed by atoms with Crippen molar-refractivity contribution < 1.29 is 0 Å². The molecular weight excluding hydrogens is 252 g/mol. The predicted molar refractivity (Wildman–Crippen MR) is 98.5 cm³/mol. The molecule has 0 heterocycles. The second kappa shape index (κ2) is 8.59. The summed E-state index contributed by atoms with van der Waals surface area (Å²) in [7, 11) is 0. The van der Waals surface area contributed by atoms with Crippen LogP contribution in [0, 0.1) is 46.8 Å². The second-order valence-electron chi connectivity index (χ2n) is 9.14. The molecule has 0 amide bonds. The fraction of sp³-hybridized carbons (Fsp3) is 1.00. The topological polar surface area (TPSA) is 0 Å². The normalized spacial score (nSPS) is 21.7. The van der Waals surface area contributed by atoms with E-state index >= 15 is 0 Å². The van der Waals surface area contributed by atoms with Crippen LogP contribution in [0.2, 0.25) is 0 Å². The standard InChI is InChI=1S/C21H44/c1-12-21(10,11)20(9)19(8)16(5)13-15(4)18(7)17(6)14(2)3/h14-20H,12-13H2,1-11H3. The molecule has 0 radical (unpaired) electrons. The lowest BCUT2D eigenvalue weighted by molar-refractivity contribution is 0.101. The van der Waals surface area contributed by atoms with Crippen LogP contribution >= 0.6 is 0 Å². The maximum Gasteiger partial charge on any atom is -0.0329 e. The first kappa shape index (κ1) is 21.0. The summed E-state index contributed by atoms with van der Waals surface area (Å²) in [6.07, 6.45) is 2.66. The second-order valence-corrected chi connectivity index (χ2v) is 9.14. The minimum absolute atomic E-state index is 0.466. The summed E-state index contributed by atoms with van der Waals surface area (Å²) in [5.41, 5.74) is 0.466. The predicted octanol–water partition coefficient (Wildman–Crippen LogP) is 7.29. The molecule has 0 aromatic carbocycles. The van der Waals surface area contributed by atoms with Crippen LogP contribution in [0.5, 0.6) is 0 Å². The van der Waals surface area contributed by atoms with Crippen LogP contribution in [-0.4, -0.2) is 0 Å². The first-order valence-electron chi connectivity index (χ1n) is 9.45. The Morgan fingerprint density at radius 2 is 1.10 bits per heavy atom. The number of hydrogen-bond acceptors (Lipinski definition) is 0. The maximum absolute atomic E-state index is 2.48. The Hall–Kier alpha value is 0. The van der Waals surface area contributed by atoms with Gasteiger partial charge >= 0.3 is 0 Å². The molecule has 6 unspecified atom stereocenters. The zero-order valence-electron chi connectivity index (χ0n) is 17.0. The van der Waals surface area contributed by atoms with Gasteiger partial charge in [0.2, 0.25) is 0 Å². The van der Waals surface area contributed by atoms with E-state index in [0.717, 1.165) is 41.4 Å². The van der Waals surface area contributed by atoms with Crippen molar-refractivity contribution in [1.29, 1.82) is 0 Å². The van der Waals surface area contributed by atoms with Gasteiger partial charge in [-0.2, -0.15) is 0 Å². The van der Waals surface area contributed by atoms with Crippen molar-refractivity contribution in [3.63, 3.8) is 0 Å².